The molecule has 0 aromatic carbocycles. The average Bonchev–Trinajstić information content (AvgIpc) is 3.12. The average molecular weight is 527 g/mol. The maximum Gasteiger partial charge on any atom is 0.240 e. The van der Waals surface area contributed by atoms with Gasteiger partial charge in [-0.25, -0.2) is 0 Å². The van der Waals surface area contributed by atoms with Gasteiger partial charge in [0.05, 0.1) is 12.1 Å². The standard InChI is InChI=1S/C27H46N2O6S/c1-15(2)12-17-9-10-34-24-18(13-17)14-28-20(24)26(33)29-19-16(3)8-6-4-5-7-11-36-27-23(32)21(30)22(31)25(19)35-27/h6,8,15-25,27-28,30-32H,4-5,7,9-14H2,1-3H3,(H,29,33)/b8-6-/t16-,17+,18+,19-,20+,21+,22-,23-,24-,25-,27-/m1/s1. The number of aliphatic hydroxyl groups is 3. The van der Waals surface area contributed by atoms with Crippen LogP contribution in [0.5, 0.6) is 0 Å². The van der Waals surface area contributed by atoms with Gasteiger partial charge in [-0.3, -0.25) is 4.79 Å². The van der Waals surface area contributed by atoms with Crippen LogP contribution in [0.15, 0.2) is 12.2 Å². The predicted octanol–water partition coefficient (Wildman–Crippen LogP) is 1.82. The SMILES string of the molecule is CC(C)C[C@@H]1CCO[C@@H]2[C@H](CN[C@@H]2C(=O)N[C@H]2[C@H]3O[C@H](SCCCC/C=C\[C@H]2C)[C@H](O)[C@@H](O)[C@H]3O)C1. The molecule has 5 N–H and O–H groups in total. The Kier molecular flexibility index (Phi) is 10.2. The first-order valence-electron chi connectivity index (χ1n) is 13.9. The number of amides is 1. The smallest absolute Gasteiger partial charge is 0.240 e. The molecule has 206 valence electrons. The molecule has 0 unspecified atom stereocenters. The highest BCUT2D eigenvalue weighted by Gasteiger charge is 2.49. The molecule has 4 rings (SSSR count). The van der Waals surface area contributed by atoms with Crippen molar-refractivity contribution in [3.63, 3.8) is 0 Å². The second-order valence-electron chi connectivity index (χ2n) is 11.6. The summed E-state index contributed by atoms with van der Waals surface area (Å²) < 4.78 is 12.4. The van der Waals surface area contributed by atoms with Gasteiger partial charge >= 0.3 is 0 Å². The second-order valence-corrected chi connectivity index (χ2v) is 12.8. The molecule has 3 saturated heterocycles. The molecule has 1 amide bonds. The van der Waals surface area contributed by atoms with E-state index in [9.17, 15) is 20.1 Å². The number of aliphatic hydroxyl groups excluding tert-OH is 3. The fourth-order valence-corrected chi connectivity index (χ4v) is 7.51. The van der Waals surface area contributed by atoms with Gasteiger partial charge in [0.2, 0.25) is 5.91 Å². The fraction of sp³-hybridized carbons (Fsp3) is 0.889. The van der Waals surface area contributed by atoms with Crippen LogP contribution in [0.3, 0.4) is 0 Å². The van der Waals surface area contributed by atoms with Gasteiger partial charge in [0, 0.05) is 13.2 Å². The number of hydrogen-bond acceptors (Lipinski definition) is 8. The Hall–Kier alpha value is -0.680. The van der Waals surface area contributed by atoms with E-state index < -0.39 is 41.9 Å². The lowest BCUT2D eigenvalue weighted by molar-refractivity contribution is -0.207. The fourth-order valence-electron chi connectivity index (χ4n) is 6.34. The molecule has 9 heteroatoms. The van der Waals surface area contributed by atoms with Gasteiger partial charge in [0.25, 0.3) is 0 Å². The molecule has 4 heterocycles. The Balaban J connectivity index is 1.50. The minimum absolute atomic E-state index is 0.135. The number of allylic oxidation sites excluding steroid dienone is 1. The number of nitrogens with one attached hydrogen (secondary N) is 2. The van der Waals surface area contributed by atoms with Gasteiger partial charge in [0.1, 0.15) is 35.9 Å². The summed E-state index contributed by atoms with van der Waals surface area (Å²) in [5.74, 6) is 2.06. The summed E-state index contributed by atoms with van der Waals surface area (Å²) >= 11 is 1.46. The zero-order valence-electron chi connectivity index (χ0n) is 21.9. The van der Waals surface area contributed by atoms with Crippen molar-refractivity contribution in [2.75, 3.05) is 18.9 Å². The minimum atomic E-state index is -1.34. The highest BCUT2D eigenvalue weighted by molar-refractivity contribution is 7.99. The molecule has 36 heavy (non-hydrogen) atoms. The van der Waals surface area contributed by atoms with Crippen LogP contribution in [-0.2, 0) is 14.3 Å². The third-order valence-corrected chi connectivity index (χ3v) is 9.52. The molecule has 0 radical (unpaired) electrons. The van der Waals surface area contributed by atoms with Crippen LogP contribution in [0.2, 0.25) is 0 Å². The van der Waals surface area contributed by atoms with Gasteiger partial charge < -0.3 is 35.4 Å². The molecule has 0 spiro atoms. The lowest BCUT2D eigenvalue weighted by Crippen LogP contribution is -2.65. The molecule has 2 bridgehead atoms. The summed E-state index contributed by atoms with van der Waals surface area (Å²) in [7, 11) is 0. The van der Waals surface area contributed by atoms with Gasteiger partial charge in [-0.2, -0.15) is 0 Å². The number of thioether (sulfide) groups is 1. The summed E-state index contributed by atoms with van der Waals surface area (Å²) in [6.45, 7) is 7.92. The zero-order valence-corrected chi connectivity index (χ0v) is 22.7. The van der Waals surface area contributed by atoms with E-state index in [4.69, 9.17) is 9.47 Å². The largest absolute Gasteiger partial charge is 0.388 e. The highest BCUT2D eigenvalue weighted by Crippen LogP contribution is 2.35. The third kappa shape index (κ3) is 6.65. The molecule has 8 nitrogen and oxygen atoms in total. The van der Waals surface area contributed by atoms with E-state index in [0.717, 1.165) is 44.4 Å². The molecule has 11 atom stereocenters. The van der Waals surface area contributed by atoms with E-state index in [1.54, 1.807) is 0 Å². The minimum Gasteiger partial charge on any atom is -0.388 e. The van der Waals surface area contributed by atoms with Crippen LogP contribution in [0, 0.1) is 23.7 Å². The van der Waals surface area contributed by atoms with Crippen molar-refractivity contribution < 1.29 is 29.6 Å². The van der Waals surface area contributed by atoms with Gasteiger partial charge in [-0.1, -0.05) is 32.9 Å². The number of carbonyl (C=O) groups is 1. The summed E-state index contributed by atoms with van der Waals surface area (Å²) in [6, 6.07) is -1.03. The van der Waals surface area contributed by atoms with Gasteiger partial charge in [0.15, 0.2) is 0 Å². The summed E-state index contributed by atoms with van der Waals surface area (Å²) in [6.07, 6.45) is 5.57. The van der Waals surface area contributed by atoms with E-state index in [-0.39, 0.29) is 17.9 Å². The van der Waals surface area contributed by atoms with Crippen molar-refractivity contribution in [3.05, 3.63) is 12.2 Å². The van der Waals surface area contributed by atoms with Crippen molar-refractivity contribution in [3.8, 4) is 0 Å². The Morgan fingerprint density at radius 3 is 2.75 bits per heavy atom. The lowest BCUT2D eigenvalue weighted by Gasteiger charge is -2.45. The Morgan fingerprint density at radius 1 is 1.17 bits per heavy atom. The quantitative estimate of drug-likeness (QED) is 0.352. The normalized spacial score (nSPS) is 45.1. The van der Waals surface area contributed by atoms with E-state index in [1.807, 2.05) is 6.92 Å². The molecule has 4 aliphatic rings. The number of hydrogen-bond donors (Lipinski definition) is 5. The van der Waals surface area contributed by atoms with Crippen LogP contribution in [0.4, 0.5) is 0 Å². The Labute approximate surface area is 220 Å². The van der Waals surface area contributed by atoms with Crippen molar-refractivity contribution in [1.82, 2.24) is 10.6 Å². The molecule has 0 aromatic heterocycles. The van der Waals surface area contributed by atoms with Crippen molar-refractivity contribution in [2.45, 2.75) is 107 Å². The number of rotatable bonds is 4. The maximum atomic E-state index is 13.6. The van der Waals surface area contributed by atoms with E-state index >= 15 is 0 Å². The van der Waals surface area contributed by atoms with Crippen molar-refractivity contribution in [2.24, 2.45) is 23.7 Å². The molecule has 0 saturated carbocycles. The lowest BCUT2D eigenvalue weighted by atomic mass is 9.85. The van der Waals surface area contributed by atoms with Crippen molar-refractivity contribution >= 4 is 17.7 Å². The van der Waals surface area contributed by atoms with Gasteiger partial charge in [-0.05, 0) is 67.9 Å². The third-order valence-electron chi connectivity index (χ3n) is 8.28. The van der Waals surface area contributed by atoms with E-state index in [1.165, 1.54) is 18.2 Å². The molecule has 0 aromatic rings. The van der Waals surface area contributed by atoms with Crippen LogP contribution in [-0.4, -0.2) is 88.2 Å². The maximum absolute atomic E-state index is 13.6. The molecular formula is C27H46N2O6S. The van der Waals surface area contributed by atoms with E-state index in [0.29, 0.717) is 24.4 Å². The Morgan fingerprint density at radius 2 is 1.97 bits per heavy atom. The summed E-state index contributed by atoms with van der Waals surface area (Å²) in [5, 5.41) is 38.6. The molecule has 3 fully saturated rings. The first kappa shape index (κ1) is 28.3. The number of carbonyl (C=O) groups excluding carboxylic acids is 1. The van der Waals surface area contributed by atoms with Crippen LogP contribution in [0.25, 0.3) is 0 Å². The monoisotopic (exact) mass is 526 g/mol. The first-order valence-corrected chi connectivity index (χ1v) is 14.9. The van der Waals surface area contributed by atoms with Crippen LogP contribution >= 0.6 is 11.8 Å². The van der Waals surface area contributed by atoms with Crippen LogP contribution in [0.1, 0.15) is 59.3 Å². The molecular weight excluding hydrogens is 480 g/mol. The number of ether oxygens (including phenoxy) is 2. The molecule has 0 aliphatic carbocycles. The van der Waals surface area contributed by atoms with Crippen LogP contribution < -0.4 is 10.6 Å². The Bertz CT molecular complexity index is 754. The topological polar surface area (TPSA) is 120 Å². The highest BCUT2D eigenvalue weighted by atomic mass is 32.2. The van der Waals surface area contributed by atoms with Crippen molar-refractivity contribution in [1.29, 1.82) is 0 Å². The first-order chi connectivity index (χ1) is 17.3. The predicted molar refractivity (Wildman–Crippen MR) is 140 cm³/mol. The van der Waals surface area contributed by atoms with Gasteiger partial charge in [-0.15, -0.1) is 11.8 Å². The molecule has 4 aliphatic heterocycles. The summed E-state index contributed by atoms with van der Waals surface area (Å²) in [4.78, 5) is 13.6. The zero-order chi connectivity index (χ0) is 25.8. The second kappa shape index (κ2) is 12.9. The summed E-state index contributed by atoms with van der Waals surface area (Å²) in [5.41, 5.74) is -0.652. The number of fused-ring (bicyclic) bond motifs is 3. The van der Waals surface area contributed by atoms with E-state index in [2.05, 4.69) is 36.6 Å².